The fourth-order valence-corrected chi connectivity index (χ4v) is 1.64. The first-order valence-corrected chi connectivity index (χ1v) is 5.22. The highest BCUT2D eigenvalue weighted by Crippen LogP contribution is 2.22. The Morgan fingerprint density at radius 2 is 2.12 bits per heavy atom. The van der Waals surface area contributed by atoms with E-state index in [0.29, 0.717) is 24.1 Å². The lowest BCUT2D eigenvalue weighted by Crippen LogP contribution is -2.22. The minimum Gasteiger partial charge on any atom is -0.390 e. The third-order valence-corrected chi connectivity index (χ3v) is 2.58. The zero-order valence-corrected chi connectivity index (χ0v) is 9.26. The van der Waals surface area contributed by atoms with Crippen molar-refractivity contribution in [1.29, 1.82) is 0 Å². The molecule has 0 aliphatic rings. The molecule has 1 rings (SSSR count). The zero-order chi connectivity index (χ0) is 12.1. The van der Waals surface area contributed by atoms with Crippen LogP contribution in [0.5, 0.6) is 0 Å². The summed E-state index contributed by atoms with van der Waals surface area (Å²) in [6.45, 7) is 2.12. The van der Waals surface area contributed by atoms with Crippen LogP contribution in [0.4, 0.5) is 0 Å². The van der Waals surface area contributed by atoms with Crippen molar-refractivity contribution in [2.24, 2.45) is 5.73 Å². The third-order valence-electron chi connectivity index (χ3n) is 2.58. The minimum atomic E-state index is -0.954. The predicted molar refractivity (Wildman–Crippen MR) is 61.2 cm³/mol. The number of carbonyl (C=O) groups is 1. The molecule has 0 spiro atoms. The van der Waals surface area contributed by atoms with Gasteiger partial charge in [0.15, 0.2) is 0 Å². The highest BCUT2D eigenvalue weighted by molar-refractivity contribution is 5.75. The second kappa shape index (κ2) is 5.75. The Bertz CT molecular complexity index is 365. The number of aliphatic hydroxyl groups excluding tert-OH is 2. The summed E-state index contributed by atoms with van der Waals surface area (Å²) < 4.78 is 0. The van der Waals surface area contributed by atoms with Crippen LogP contribution in [0.3, 0.4) is 0 Å². The molecule has 1 aromatic rings. The number of aryl methyl sites for hydroxylation is 1. The third kappa shape index (κ3) is 2.88. The SMILES string of the molecule is Cc1cc(C=O)ccc1C(O)C(O)CCN. The van der Waals surface area contributed by atoms with Gasteiger partial charge in [-0.15, -0.1) is 0 Å². The fraction of sp³-hybridized carbons (Fsp3) is 0.417. The van der Waals surface area contributed by atoms with Crippen molar-refractivity contribution in [1.82, 2.24) is 0 Å². The Morgan fingerprint density at radius 3 is 2.62 bits per heavy atom. The number of hydrogen-bond donors (Lipinski definition) is 3. The van der Waals surface area contributed by atoms with Crippen LogP contribution in [0.2, 0.25) is 0 Å². The van der Waals surface area contributed by atoms with Gasteiger partial charge in [0.1, 0.15) is 12.4 Å². The van der Waals surface area contributed by atoms with E-state index in [-0.39, 0.29) is 0 Å². The molecular formula is C12H17NO3. The quantitative estimate of drug-likeness (QED) is 0.636. The van der Waals surface area contributed by atoms with Gasteiger partial charge in [-0.05, 0) is 37.1 Å². The Labute approximate surface area is 94.7 Å². The van der Waals surface area contributed by atoms with Crippen molar-refractivity contribution in [2.75, 3.05) is 6.54 Å². The Morgan fingerprint density at radius 1 is 1.44 bits per heavy atom. The van der Waals surface area contributed by atoms with E-state index in [0.717, 1.165) is 11.8 Å². The van der Waals surface area contributed by atoms with Gasteiger partial charge in [0.05, 0.1) is 6.10 Å². The standard InChI is InChI=1S/C12H17NO3/c1-8-6-9(7-14)2-3-10(8)12(16)11(15)4-5-13/h2-3,6-7,11-12,15-16H,4-5,13H2,1H3. The molecule has 0 radical (unpaired) electrons. The van der Waals surface area contributed by atoms with E-state index in [1.807, 2.05) is 0 Å². The summed E-state index contributed by atoms with van der Waals surface area (Å²) in [6.07, 6.45) is -0.731. The fourth-order valence-electron chi connectivity index (χ4n) is 1.64. The van der Waals surface area contributed by atoms with Crippen LogP contribution in [0.1, 0.15) is 34.0 Å². The van der Waals surface area contributed by atoms with E-state index in [9.17, 15) is 15.0 Å². The van der Waals surface area contributed by atoms with E-state index in [2.05, 4.69) is 0 Å². The van der Waals surface area contributed by atoms with Gasteiger partial charge in [0, 0.05) is 5.56 Å². The molecule has 0 aliphatic carbocycles. The van der Waals surface area contributed by atoms with Crippen molar-refractivity contribution >= 4 is 6.29 Å². The number of hydrogen-bond acceptors (Lipinski definition) is 4. The average Bonchev–Trinajstić information content (AvgIpc) is 2.28. The first-order valence-electron chi connectivity index (χ1n) is 5.22. The van der Waals surface area contributed by atoms with Gasteiger partial charge in [-0.1, -0.05) is 12.1 Å². The molecule has 4 nitrogen and oxygen atoms in total. The van der Waals surface area contributed by atoms with Gasteiger partial charge in [-0.25, -0.2) is 0 Å². The van der Waals surface area contributed by atoms with Crippen LogP contribution in [-0.2, 0) is 0 Å². The van der Waals surface area contributed by atoms with Crippen LogP contribution in [0.15, 0.2) is 18.2 Å². The summed E-state index contributed by atoms with van der Waals surface area (Å²) in [5.74, 6) is 0. The van der Waals surface area contributed by atoms with Gasteiger partial charge in [-0.2, -0.15) is 0 Å². The number of aliphatic hydroxyl groups is 2. The monoisotopic (exact) mass is 223 g/mol. The summed E-state index contributed by atoms with van der Waals surface area (Å²) in [4.78, 5) is 10.5. The van der Waals surface area contributed by atoms with Crippen molar-refractivity contribution < 1.29 is 15.0 Å². The lowest BCUT2D eigenvalue weighted by Gasteiger charge is -2.19. The molecular weight excluding hydrogens is 206 g/mol. The number of aldehydes is 1. The summed E-state index contributed by atoms with van der Waals surface area (Å²) >= 11 is 0. The minimum absolute atomic E-state index is 0.323. The maximum Gasteiger partial charge on any atom is 0.150 e. The van der Waals surface area contributed by atoms with Crippen molar-refractivity contribution in [3.8, 4) is 0 Å². The molecule has 2 atom stereocenters. The van der Waals surface area contributed by atoms with Crippen LogP contribution in [0.25, 0.3) is 0 Å². The molecule has 0 heterocycles. The van der Waals surface area contributed by atoms with Gasteiger partial charge >= 0.3 is 0 Å². The van der Waals surface area contributed by atoms with Crippen LogP contribution >= 0.6 is 0 Å². The van der Waals surface area contributed by atoms with Crippen molar-refractivity contribution in [3.05, 3.63) is 34.9 Å². The summed E-state index contributed by atoms with van der Waals surface area (Å²) in [5, 5.41) is 19.5. The Hall–Kier alpha value is -1.23. The highest BCUT2D eigenvalue weighted by Gasteiger charge is 2.19. The molecule has 2 unspecified atom stereocenters. The van der Waals surface area contributed by atoms with Crippen LogP contribution in [0, 0.1) is 6.92 Å². The summed E-state index contributed by atoms with van der Waals surface area (Å²) in [7, 11) is 0. The van der Waals surface area contributed by atoms with Gasteiger partial charge in [-0.3, -0.25) is 4.79 Å². The molecule has 0 saturated carbocycles. The second-order valence-electron chi connectivity index (χ2n) is 3.82. The van der Waals surface area contributed by atoms with Gasteiger partial charge in [0.25, 0.3) is 0 Å². The molecule has 4 N–H and O–H groups in total. The first kappa shape index (κ1) is 12.8. The number of carbonyl (C=O) groups excluding carboxylic acids is 1. The lowest BCUT2D eigenvalue weighted by molar-refractivity contribution is 0.0146. The first-order chi connectivity index (χ1) is 7.60. The van der Waals surface area contributed by atoms with Crippen LogP contribution < -0.4 is 5.73 Å². The maximum atomic E-state index is 10.5. The molecule has 0 bridgehead atoms. The van der Waals surface area contributed by atoms with Crippen molar-refractivity contribution in [2.45, 2.75) is 25.6 Å². The molecule has 0 aliphatic heterocycles. The smallest absolute Gasteiger partial charge is 0.150 e. The zero-order valence-electron chi connectivity index (χ0n) is 9.26. The Kier molecular flexibility index (Phi) is 4.61. The Balaban J connectivity index is 2.91. The molecule has 88 valence electrons. The molecule has 0 amide bonds. The number of benzene rings is 1. The number of nitrogens with two attached hydrogens (primary N) is 1. The molecule has 16 heavy (non-hydrogen) atoms. The molecule has 0 aromatic heterocycles. The van der Waals surface area contributed by atoms with E-state index in [4.69, 9.17) is 5.73 Å². The maximum absolute atomic E-state index is 10.5. The number of rotatable bonds is 5. The van der Waals surface area contributed by atoms with E-state index in [1.165, 1.54) is 0 Å². The molecule has 4 heteroatoms. The normalized spacial score (nSPS) is 14.5. The van der Waals surface area contributed by atoms with E-state index in [1.54, 1.807) is 25.1 Å². The van der Waals surface area contributed by atoms with E-state index < -0.39 is 12.2 Å². The summed E-state index contributed by atoms with van der Waals surface area (Å²) in [6, 6.07) is 4.96. The second-order valence-corrected chi connectivity index (χ2v) is 3.82. The van der Waals surface area contributed by atoms with E-state index >= 15 is 0 Å². The molecule has 1 aromatic carbocycles. The van der Waals surface area contributed by atoms with Crippen LogP contribution in [-0.4, -0.2) is 29.1 Å². The average molecular weight is 223 g/mol. The molecule has 0 fully saturated rings. The largest absolute Gasteiger partial charge is 0.390 e. The summed E-state index contributed by atoms with van der Waals surface area (Å²) in [5.41, 5.74) is 7.29. The predicted octanol–water partition coefficient (Wildman–Crippen LogP) is 0.551. The molecule has 0 saturated heterocycles. The highest BCUT2D eigenvalue weighted by atomic mass is 16.3. The van der Waals surface area contributed by atoms with Gasteiger partial charge < -0.3 is 15.9 Å². The topological polar surface area (TPSA) is 83.5 Å². The lowest BCUT2D eigenvalue weighted by atomic mass is 9.96. The van der Waals surface area contributed by atoms with Gasteiger partial charge in [0.2, 0.25) is 0 Å². The van der Waals surface area contributed by atoms with Crippen molar-refractivity contribution in [3.63, 3.8) is 0 Å².